The topological polar surface area (TPSA) is 91.6 Å². The summed E-state index contributed by atoms with van der Waals surface area (Å²) in [4.78, 5) is 10.6. The van der Waals surface area contributed by atoms with E-state index in [1.807, 2.05) is 0 Å². The van der Waals surface area contributed by atoms with Crippen LogP contribution in [0.4, 0.5) is 10.1 Å². The molecule has 1 atom stereocenters. The molecule has 7 heteroatoms. The first-order chi connectivity index (χ1) is 7.54. The summed E-state index contributed by atoms with van der Waals surface area (Å²) < 4.78 is 13.3. The van der Waals surface area contributed by atoms with Crippen LogP contribution in [0.3, 0.4) is 0 Å². The summed E-state index contributed by atoms with van der Waals surface area (Å²) in [7, 11) is 0. The number of nitriles is 1. The summed E-state index contributed by atoms with van der Waals surface area (Å²) in [6.45, 7) is 0. The molecule has 0 aliphatic carbocycles. The summed E-state index contributed by atoms with van der Waals surface area (Å²) >= 11 is 2.97. The highest BCUT2D eigenvalue weighted by Gasteiger charge is 2.11. The van der Waals surface area contributed by atoms with Crippen molar-refractivity contribution in [2.24, 2.45) is 16.0 Å². The quantitative estimate of drug-likeness (QED) is 0.861. The van der Waals surface area contributed by atoms with Crippen LogP contribution in [0, 0.1) is 17.1 Å². The number of azo groups is 1. The lowest BCUT2D eigenvalue weighted by molar-refractivity contribution is -0.118. The highest BCUT2D eigenvalue weighted by Crippen LogP contribution is 2.21. The Morgan fingerprint density at radius 2 is 2.31 bits per heavy atom. The van der Waals surface area contributed by atoms with Gasteiger partial charge in [-0.2, -0.15) is 15.5 Å². The summed E-state index contributed by atoms with van der Waals surface area (Å²) in [5.74, 6) is -1.41. The Bertz CT molecular complexity index is 483. The second kappa shape index (κ2) is 5.32. The van der Waals surface area contributed by atoms with Crippen molar-refractivity contribution >= 4 is 27.5 Å². The Hall–Kier alpha value is -1.81. The third-order valence-corrected chi connectivity index (χ3v) is 2.23. The van der Waals surface area contributed by atoms with E-state index < -0.39 is 17.8 Å². The van der Waals surface area contributed by atoms with Crippen molar-refractivity contribution in [3.8, 4) is 6.07 Å². The number of benzene rings is 1. The molecule has 0 bridgehead atoms. The van der Waals surface area contributed by atoms with Gasteiger partial charge in [-0.15, -0.1) is 0 Å². The molecule has 1 aromatic carbocycles. The summed E-state index contributed by atoms with van der Waals surface area (Å²) in [6, 6.07) is 4.24. The van der Waals surface area contributed by atoms with E-state index in [0.717, 1.165) is 6.07 Å². The van der Waals surface area contributed by atoms with Crippen molar-refractivity contribution in [3.63, 3.8) is 0 Å². The third kappa shape index (κ3) is 3.10. The Balaban J connectivity index is 2.88. The minimum absolute atomic E-state index is 0.196. The van der Waals surface area contributed by atoms with Gasteiger partial charge in [-0.1, -0.05) is 0 Å². The average Bonchev–Trinajstić information content (AvgIpc) is 2.23. The molecule has 0 aliphatic rings. The Morgan fingerprint density at radius 3 is 2.81 bits per heavy atom. The molecular weight excluding hydrogens is 279 g/mol. The Kier molecular flexibility index (Phi) is 4.08. The van der Waals surface area contributed by atoms with Gasteiger partial charge < -0.3 is 5.73 Å². The van der Waals surface area contributed by atoms with E-state index in [2.05, 4.69) is 26.2 Å². The standard InChI is InChI=1S/C9H6BrFN4O/c10-6-2-1-5(3-7(6)11)14-15-8(4-12)9(13)16/h1-3,8H,(H2,13,16). The molecule has 0 saturated carbocycles. The van der Waals surface area contributed by atoms with Gasteiger partial charge in [-0.05, 0) is 28.1 Å². The maximum absolute atomic E-state index is 13.0. The molecule has 0 aliphatic heterocycles. The lowest BCUT2D eigenvalue weighted by atomic mass is 10.3. The zero-order valence-electron chi connectivity index (χ0n) is 7.89. The first-order valence-electron chi connectivity index (χ1n) is 4.09. The molecule has 1 rings (SSSR count). The molecule has 82 valence electrons. The van der Waals surface area contributed by atoms with Crippen LogP contribution < -0.4 is 5.73 Å². The van der Waals surface area contributed by atoms with Crippen LogP contribution in [0.5, 0.6) is 0 Å². The molecule has 0 spiro atoms. The van der Waals surface area contributed by atoms with Gasteiger partial charge in [0.1, 0.15) is 11.9 Å². The molecular formula is C9H6BrFN4O. The Morgan fingerprint density at radius 1 is 1.62 bits per heavy atom. The number of halogens is 2. The Labute approximate surface area is 98.9 Å². The van der Waals surface area contributed by atoms with Crippen molar-refractivity contribution < 1.29 is 9.18 Å². The molecule has 0 heterocycles. The zero-order chi connectivity index (χ0) is 12.1. The van der Waals surface area contributed by atoms with Crippen LogP contribution in [-0.4, -0.2) is 11.9 Å². The van der Waals surface area contributed by atoms with Gasteiger partial charge in [0, 0.05) is 6.07 Å². The molecule has 1 unspecified atom stereocenters. The fourth-order valence-corrected chi connectivity index (χ4v) is 1.06. The van der Waals surface area contributed by atoms with Crippen LogP contribution in [0.2, 0.25) is 0 Å². The molecule has 0 aromatic heterocycles. The molecule has 5 nitrogen and oxygen atoms in total. The summed E-state index contributed by atoms with van der Waals surface area (Å²) in [5.41, 5.74) is 5.07. The maximum atomic E-state index is 13.0. The van der Waals surface area contributed by atoms with Gasteiger partial charge in [0.05, 0.1) is 10.2 Å². The van der Waals surface area contributed by atoms with Crippen molar-refractivity contribution in [2.45, 2.75) is 6.04 Å². The fourth-order valence-electron chi connectivity index (χ4n) is 0.818. The van der Waals surface area contributed by atoms with Crippen LogP contribution in [0.15, 0.2) is 32.9 Å². The number of rotatable bonds is 3. The predicted molar refractivity (Wildman–Crippen MR) is 57.2 cm³/mol. The first-order valence-corrected chi connectivity index (χ1v) is 4.88. The van der Waals surface area contributed by atoms with Crippen molar-refractivity contribution in [1.82, 2.24) is 0 Å². The number of nitrogens with zero attached hydrogens (tertiary/aromatic N) is 3. The van der Waals surface area contributed by atoms with Crippen molar-refractivity contribution in [2.75, 3.05) is 0 Å². The molecule has 1 amide bonds. The minimum atomic E-state index is -1.35. The number of amides is 1. The monoisotopic (exact) mass is 284 g/mol. The third-order valence-electron chi connectivity index (χ3n) is 1.58. The van der Waals surface area contributed by atoms with E-state index >= 15 is 0 Å². The van der Waals surface area contributed by atoms with Crippen molar-refractivity contribution in [1.29, 1.82) is 5.26 Å². The summed E-state index contributed by atoms with van der Waals surface area (Å²) in [6.07, 6.45) is 0. The molecule has 16 heavy (non-hydrogen) atoms. The van der Waals surface area contributed by atoms with E-state index in [1.165, 1.54) is 12.1 Å². The average molecular weight is 285 g/mol. The SMILES string of the molecule is N#CC(N=Nc1ccc(Br)c(F)c1)C(N)=O. The van der Waals surface area contributed by atoms with Crippen LogP contribution in [-0.2, 0) is 4.79 Å². The van der Waals surface area contributed by atoms with Crippen LogP contribution in [0.1, 0.15) is 0 Å². The molecule has 2 N–H and O–H groups in total. The largest absolute Gasteiger partial charge is 0.367 e. The second-order valence-corrected chi connectivity index (χ2v) is 3.60. The van der Waals surface area contributed by atoms with E-state index in [-0.39, 0.29) is 10.2 Å². The van der Waals surface area contributed by atoms with Gasteiger partial charge in [0.2, 0.25) is 6.04 Å². The molecule has 1 aromatic rings. The van der Waals surface area contributed by atoms with Crippen LogP contribution >= 0.6 is 15.9 Å². The van der Waals surface area contributed by atoms with Gasteiger partial charge >= 0.3 is 0 Å². The minimum Gasteiger partial charge on any atom is -0.367 e. The molecule has 0 saturated heterocycles. The summed E-state index contributed by atoms with van der Waals surface area (Å²) in [5, 5.41) is 15.4. The lowest BCUT2D eigenvalue weighted by Crippen LogP contribution is -2.24. The smallest absolute Gasteiger partial charge is 0.258 e. The highest BCUT2D eigenvalue weighted by molar-refractivity contribution is 9.10. The van der Waals surface area contributed by atoms with Crippen LogP contribution in [0.25, 0.3) is 0 Å². The van der Waals surface area contributed by atoms with Gasteiger partial charge in [-0.25, -0.2) is 4.39 Å². The van der Waals surface area contributed by atoms with Gasteiger partial charge in [0.15, 0.2) is 0 Å². The van der Waals surface area contributed by atoms with Crippen molar-refractivity contribution in [3.05, 3.63) is 28.5 Å². The normalized spacial score (nSPS) is 12.3. The zero-order valence-corrected chi connectivity index (χ0v) is 9.48. The van der Waals surface area contributed by atoms with Gasteiger partial charge in [-0.3, -0.25) is 4.79 Å². The van der Waals surface area contributed by atoms with E-state index in [9.17, 15) is 9.18 Å². The number of carbonyl (C=O) groups is 1. The fraction of sp³-hybridized carbons (Fsp3) is 0.111. The second-order valence-electron chi connectivity index (χ2n) is 2.75. The predicted octanol–water partition coefficient (Wildman–Crippen LogP) is 2.05. The van der Waals surface area contributed by atoms with E-state index in [4.69, 9.17) is 11.0 Å². The number of carbonyl (C=O) groups excluding carboxylic acids is 1. The van der Waals surface area contributed by atoms with Gasteiger partial charge in [0.25, 0.3) is 5.91 Å². The number of hydrogen-bond donors (Lipinski definition) is 1. The molecule has 0 radical (unpaired) electrons. The van der Waals surface area contributed by atoms with E-state index in [1.54, 1.807) is 6.07 Å². The highest BCUT2D eigenvalue weighted by atomic mass is 79.9. The first kappa shape index (κ1) is 12.3. The maximum Gasteiger partial charge on any atom is 0.258 e. The number of hydrogen-bond acceptors (Lipinski definition) is 4. The number of primary amides is 1. The molecule has 0 fully saturated rings. The number of nitrogens with two attached hydrogens (primary N) is 1. The van der Waals surface area contributed by atoms with E-state index in [0.29, 0.717) is 0 Å². The lowest BCUT2D eigenvalue weighted by Gasteiger charge is -1.97.